The summed E-state index contributed by atoms with van der Waals surface area (Å²) in [5.41, 5.74) is 0.282. The second kappa shape index (κ2) is 10.0. The first-order chi connectivity index (χ1) is 14.8. The van der Waals surface area contributed by atoms with Crippen LogP contribution in [-0.4, -0.2) is 30.0 Å². The van der Waals surface area contributed by atoms with E-state index in [2.05, 4.69) is 13.1 Å². The highest BCUT2D eigenvalue weighted by molar-refractivity contribution is 6.96. The number of hydrogen-bond donors (Lipinski definition) is 0. The van der Waals surface area contributed by atoms with Gasteiger partial charge >= 0.3 is 11.9 Å². The van der Waals surface area contributed by atoms with E-state index in [-0.39, 0.29) is 15.3 Å². The average Bonchev–Trinajstić information content (AvgIpc) is 2.79. The van der Waals surface area contributed by atoms with Gasteiger partial charge in [0.2, 0.25) is 0 Å². The average molecular weight is 447 g/mol. The van der Waals surface area contributed by atoms with E-state index in [1.54, 1.807) is 13.8 Å². The summed E-state index contributed by atoms with van der Waals surface area (Å²) in [4.78, 5) is 12.5. The Labute approximate surface area is 187 Å². The third-order valence-corrected chi connectivity index (χ3v) is 9.48. The standard InChI is InChI=1S/C25H26O4Si2/c1-20(2)24(26)27-25(3,28-30-21-14-8-5-9-15-21)29-31(4,22-16-10-6-11-17-22)23-18-12-7-13-19-23/h5-19H,1H2,2-4H3. The number of carbonyl (C=O) groups excluding carboxylic acids is 1. The minimum Gasteiger partial charge on any atom is -0.406 e. The summed E-state index contributed by atoms with van der Waals surface area (Å²) >= 11 is 0. The predicted octanol–water partition coefficient (Wildman–Crippen LogP) is 3.15. The van der Waals surface area contributed by atoms with Crippen LogP contribution in [0.3, 0.4) is 0 Å². The monoisotopic (exact) mass is 446 g/mol. The molecule has 0 heterocycles. The van der Waals surface area contributed by atoms with E-state index in [9.17, 15) is 4.79 Å². The molecule has 31 heavy (non-hydrogen) atoms. The van der Waals surface area contributed by atoms with Gasteiger partial charge in [-0.2, -0.15) is 0 Å². The molecule has 0 spiro atoms. The third kappa shape index (κ3) is 5.89. The van der Waals surface area contributed by atoms with Crippen LogP contribution in [-0.2, 0) is 18.4 Å². The molecule has 0 bridgehead atoms. The lowest BCUT2D eigenvalue weighted by Crippen LogP contribution is -2.63. The lowest BCUT2D eigenvalue weighted by molar-refractivity contribution is -0.276. The third-order valence-electron chi connectivity index (χ3n) is 4.79. The van der Waals surface area contributed by atoms with E-state index in [1.165, 1.54) is 0 Å². The fourth-order valence-corrected chi connectivity index (χ4v) is 6.99. The highest BCUT2D eigenvalue weighted by Gasteiger charge is 2.44. The van der Waals surface area contributed by atoms with Crippen LogP contribution < -0.4 is 15.6 Å². The van der Waals surface area contributed by atoms with Gasteiger partial charge in [0.1, 0.15) is 0 Å². The van der Waals surface area contributed by atoms with E-state index in [1.807, 2.05) is 91.0 Å². The van der Waals surface area contributed by atoms with Crippen LogP contribution >= 0.6 is 0 Å². The van der Waals surface area contributed by atoms with Crippen LogP contribution in [0.15, 0.2) is 103 Å². The van der Waals surface area contributed by atoms with E-state index >= 15 is 0 Å². The first-order valence-corrected chi connectivity index (χ1v) is 13.3. The molecule has 0 saturated carbocycles. The summed E-state index contributed by atoms with van der Waals surface area (Å²) in [6.45, 7) is 9.04. The predicted molar refractivity (Wildman–Crippen MR) is 127 cm³/mol. The zero-order chi connectivity index (χ0) is 22.3. The van der Waals surface area contributed by atoms with Crippen LogP contribution in [0.25, 0.3) is 0 Å². The first-order valence-electron chi connectivity index (χ1n) is 10.0. The molecule has 158 valence electrons. The SMILES string of the molecule is C=C(C)C(=O)OC(C)(O[Si]c1ccccc1)O[Si](C)(c1ccccc1)c1ccccc1. The van der Waals surface area contributed by atoms with Crippen molar-refractivity contribution in [1.29, 1.82) is 0 Å². The van der Waals surface area contributed by atoms with Gasteiger partial charge in [-0.15, -0.1) is 0 Å². The lowest BCUT2D eigenvalue weighted by atomic mass is 10.4. The number of ether oxygens (including phenoxy) is 1. The van der Waals surface area contributed by atoms with Crippen molar-refractivity contribution in [3.05, 3.63) is 103 Å². The Kier molecular flexibility index (Phi) is 7.40. The maximum atomic E-state index is 12.5. The van der Waals surface area contributed by atoms with Gasteiger partial charge in [-0.3, -0.25) is 0 Å². The zero-order valence-electron chi connectivity index (χ0n) is 18.0. The summed E-state index contributed by atoms with van der Waals surface area (Å²) in [5, 5.41) is 3.07. The fraction of sp³-hybridized carbons (Fsp3) is 0.160. The number of rotatable bonds is 9. The Morgan fingerprint density at radius 2 is 1.32 bits per heavy atom. The number of benzene rings is 3. The molecule has 0 aliphatic carbocycles. The molecular formula is C25H26O4Si2. The summed E-state index contributed by atoms with van der Waals surface area (Å²) in [5.74, 6) is -2.14. The molecule has 3 rings (SSSR count). The summed E-state index contributed by atoms with van der Waals surface area (Å²) in [7, 11) is -2.86. The molecule has 2 radical (unpaired) electrons. The van der Waals surface area contributed by atoms with Gasteiger partial charge in [0.05, 0.1) is 0 Å². The Hall–Kier alpha value is -2.78. The van der Waals surface area contributed by atoms with E-state index in [4.69, 9.17) is 13.6 Å². The van der Waals surface area contributed by atoms with Crippen molar-refractivity contribution in [3.63, 3.8) is 0 Å². The van der Waals surface area contributed by atoms with Gasteiger partial charge < -0.3 is 13.6 Å². The largest absolute Gasteiger partial charge is 0.406 e. The van der Waals surface area contributed by atoms with Gasteiger partial charge in [0.15, 0.2) is 0 Å². The summed E-state index contributed by atoms with van der Waals surface area (Å²) < 4.78 is 18.5. The first kappa shape index (κ1) is 22.9. The van der Waals surface area contributed by atoms with Gasteiger partial charge in [-0.1, -0.05) is 97.6 Å². The Morgan fingerprint density at radius 3 is 1.77 bits per heavy atom. The van der Waals surface area contributed by atoms with Crippen molar-refractivity contribution in [2.75, 3.05) is 0 Å². The highest BCUT2D eigenvalue weighted by Crippen LogP contribution is 2.22. The molecule has 0 aliphatic heterocycles. The maximum absolute atomic E-state index is 12.5. The van der Waals surface area contributed by atoms with Gasteiger partial charge in [-0.25, -0.2) is 4.79 Å². The smallest absolute Gasteiger partial charge is 0.337 e. The molecule has 0 aromatic heterocycles. The zero-order valence-corrected chi connectivity index (χ0v) is 20.0. The van der Waals surface area contributed by atoms with Crippen LogP contribution in [0.4, 0.5) is 0 Å². The van der Waals surface area contributed by atoms with E-state index < -0.39 is 20.3 Å². The van der Waals surface area contributed by atoms with Gasteiger partial charge in [-0.05, 0) is 29.0 Å². The molecule has 1 unspecified atom stereocenters. The molecular weight excluding hydrogens is 420 g/mol. The van der Waals surface area contributed by atoms with Crippen molar-refractivity contribution >= 4 is 39.6 Å². The molecule has 0 aliphatic rings. The molecule has 0 N–H and O–H groups in total. The quantitative estimate of drug-likeness (QED) is 0.219. The number of esters is 1. The van der Waals surface area contributed by atoms with Gasteiger partial charge in [0.25, 0.3) is 18.1 Å². The second-order valence-electron chi connectivity index (χ2n) is 7.47. The normalized spacial score (nSPS) is 13.3. The van der Waals surface area contributed by atoms with Crippen molar-refractivity contribution in [1.82, 2.24) is 0 Å². The van der Waals surface area contributed by atoms with Crippen LogP contribution in [0.2, 0.25) is 6.55 Å². The van der Waals surface area contributed by atoms with Crippen LogP contribution in [0.1, 0.15) is 13.8 Å². The van der Waals surface area contributed by atoms with Crippen molar-refractivity contribution in [2.45, 2.75) is 26.4 Å². The Morgan fingerprint density at radius 1 is 0.871 bits per heavy atom. The molecule has 0 saturated heterocycles. The summed E-state index contributed by atoms with van der Waals surface area (Å²) in [6.07, 6.45) is 0. The van der Waals surface area contributed by atoms with Crippen LogP contribution in [0, 0.1) is 0 Å². The second-order valence-corrected chi connectivity index (χ2v) is 11.9. The van der Waals surface area contributed by atoms with Crippen molar-refractivity contribution in [3.8, 4) is 0 Å². The van der Waals surface area contributed by atoms with Crippen molar-refractivity contribution in [2.24, 2.45) is 0 Å². The molecule has 1 atom stereocenters. The maximum Gasteiger partial charge on any atom is 0.337 e. The number of hydrogen-bond acceptors (Lipinski definition) is 4. The molecule has 6 heteroatoms. The summed E-state index contributed by atoms with van der Waals surface area (Å²) in [6, 6.07) is 29.8. The number of carbonyl (C=O) groups is 1. The van der Waals surface area contributed by atoms with Gasteiger partial charge in [0, 0.05) is 12.5 Å². The lowest BCUT2D eigenvalue weighted by Gasteiger charge is -2.38. The topological polar surface area (TPSA) is 44.8 Å². The van der Waals surface area contributed by atoms with Crippen LogP contribution in [0.5, 0.6) is 0 Å². The molecule has 0 amide bonds. The minimum absolute atomic E-state index is 0.0595. The highest BCUT2D eigenvalue weighted by atomic mass is 28.4. The van der Waals surface area contributed by atoms with E-state index in [0.29, 0.717) is 0 Å². The molecule has 3 aromatic rings. The Bertz CT molecular complexity index is 970. The Balaban J connectivity index is 1.99. The van der Waals surface area contributed by atoms with Crippen molar-refractivity contribution < 1.29 is 18.4 Å². The molecule has 4 nitrogen and oxygen atoms in total. The fourth-order valence-electron chi connectivity index (χ4n) is 3.14. The van der Waals surface area contributed by atoms with E-state index in [0.717, 1.165) is 15.6 Å². The molecule has 3 aromatic carbocycles. The molecule has 0 fully saturated rings. The minimum atomic E-state index is -2.80.